The summed E-state index contributed by atoms with van der Waals surface area (Å²) >= 11 is 0. The maximum Gasteiger partial charge on any atom is 0.323 e. The number of carbonyl (C=O) groups is 1. The first kappa shape index (κ1) is 11.5. The summed E-state index contributed by atoms with van der Waals surface area (Å²) in [5.41, 5.74) is 5.22. The molecule has 14 heavy (non-hydrogen) atoms. The largest absolute Gasteiger partial charge is 0.459 e. The third-order valence-corrected chi connectivity index (χ3v) is 2.34. The first-order chi connectivity index (χ1) is 6.29. The first-order valence-corrected chi connectivity index (χ1v) is 4.96. The van der Waals surface area contributed by atoms with Crippen LogP contribution in [-0.4, -0.2) is 28.8 Å². The fourth-order valence-electron chi connectivity index (χ4n) is 1.49. The number of esters is 1. The highest BCUT2D eigenvalue weighted by molar-refractivity contribution is 5.76. The zero-order valence-corrected chi connectivity index (χ0v) is 8.99. The van der Waals surface area contributed by atoms with Gasteiger partial charge in [0.15, 0.2) is 0 Å². The lowest BCUT2D eigenvalue weighted by atomic mass is 9.77. The van der Waals surface area contributed by atoms with Crippen LogP contribution in [0.3, 0.4) is 0 Å². The molecule has 0 saturated heterocycles. The second kappa shape index (κ2) is 3.87. The van der Waals surface area contributed by atoms with E-state index in [9.17, 15) is 4.79 Å². The van der Waals surface area contributed by atoms with E-state index >= 15 is 0 Å². The predicted molar refractivity (Wildman–Crippen MR) is 52.6 cm³/mol. The van der Waals surface area contributed by atoms with Gasteiger partial charge in [0, 0.05) is 0 Å². The zero-order chi connectivity index (χ0) is 10.9. The summed E-state index contributed by atoms with van der Waals surface area (Å²) in [4.78, 5) is 11.5. The Bertz CT molecular complexity index is 216. The third kappa shape index (κ3) is 2.96. The molecule has 1 fully saturated rings. The van der Waals surface area contributed by atoms with Gasteiger partial charge in [0.05, 0.1) is 6.10 Å². The zero-order valence-electron chi connectivity index (χ0n) is 8.99. The van der Waals surface area contributed by atoms with Crippen LogP contribution in [0.15, 0.2) is 0 Å². The highest BCUT2D eigenvalue weighted by atomic mass is 16.6. The Labute approximate surface area is 84.4 Å². The molecule has 4 nitrogen and oxygen atoms in total. The van der Waals surface area contributed by atoms with E-state index in [0.717, 1.165) is 0 Å². The van der Waals surface area contributed by atoms with Crippen LogP contribution in [0.2, 0.25) is 0 Å². The van der Waals surface area contributed by atoms with Crippen LogP contribution in [0.4, 0.5) is 0 Å². The van der Waals surface area contributed by atoms with E-state index < -0.39 is 11.6 Å². The lowest BCUT2D eigenvalue weighted by Crippen LogP contribution is -2.48. The molecule has 1 saturated carbocycles. The van der Waals surface area contributed by atoms with Crippen molar-refractivity contribution in [2.24, 2.45) is 11.7 Å². The van der Waals surface area contributed by atoms with Crippen LogP contribution < -0.4 is 5.73 Å². The van der Waals surface area contributed by atoms with Gasteiger partial charge < -0.3 is 15.6 Å². The van der Waals surface area contributed by atoms with Crippen LogP contribution in [0, 0.1) is 5.92 Å². The van der Waals surface area contributed by atoms with Crippen LogP contribution in [0.25, 0.3) is 0 Å². The quantitative estimate of drug-likeness (QED) is 0.635. The Morgan fingerprint density at radius 3 is 2.36 bits per heavy atom. The van der Waals surface area contributed by atoms with E-state index in [1.54, 1.807) is 0 Å². The molecule has 1 aliphatic rings. The number of hydrogen-bond acceptors (Lipinski definition) is 4. The summed E-state index contributed by atoms with van der Waals surface area (Å²) < 4.78 is 5.15. The molecule has 1 aliphatic carbocycles. The molecule has 0 aliphatic heterocycles. The molecule has 0 aromatic rings. The van der Waals surface area contributed by atoms with E-state index in [1.807, 2.05) is 20.8 Å². The molecule has 0 aromatic heterocycles. The van der Waals surface area contributed by atoms with Crippen LogP contribution in [0.1, 0.15) is 33.6 Å². The second-order valence-corrected chi connectivity index (χ2v) is 4.94. The molecule has 0 spiro atoms. The Balaban J connectivity index is 2.38. The lowest BCUT2D eigenvalue weighted by molar-refractivity contribution is -0.159. The van der Waals surface area contributed by atoms with Crippen molar-refractivity contribution in [1.82, 2.24) is 0 Å². The fraction of sp³-hybridized carbons (Fsp3) is 0.900. The van der Waals surface area contributed by atoms with Crippen molar-refractivity contribution in [2.45, 2.75) is 51.4 Å². The van der Waals surface area contributed by atoms with Crippen LogP contribution in [-0.2, 0) is 9.53 Å². The molecule has 0 aromatic carbocycles. The van der Waals surface area contributed by atoms with Gasteiger partial charge >= 0.3 is 5.97 Å². The molecular weight excluding hydrogens is 182 g/mol. The standard InChI is InChI=1S/C10H19NO3/c1-10(2,3)14-9(13)8(11)6-4-7(12)5-6/h6-8,12H,4-5,11H2,1-3H3/t6-,7-,8?. The molecule has 3 N–H and O–H groups in total. The molecular formula is C10H19NO3. The molecule has 0 bridgehead atoms. The van der Waals surface area contributed by atoms with Crippen molar-refractivity contribution >= 4 is 5.97 Å². The van der Waals surface area contributed by atoms with E-state index in [4.69, 9.17) is 15.6 Å². The molecule has 0 amide bonds. The topological polar surface area (TPSA) is 72.5 Å². The summed E-state index contributed by atoms with van der Waals surface area (Å²) in [5, 5.41) is 9.07. The fourth-order valence-corrected chi connectivity index (χ4v) is 1.49. The van der Waals surface area contributed by atoms with Crippen LogP contribution in [0.5, 0.6) is 0 Å². The van der Waals surface area contributed by atoms with Gasteiger partial charge in [-0.3, -0.25) is 4.79 Å². The van der Waals surface area contributed by atoms with Gasteiger partial charge in [0.1, 0.15) is 11.6 Å². The summed E-state index contributed by atoms with van der Waals surface area (Å²) in [6.07, 6.45) is 0.939. The Morgan fingerprint density at radius 2 is 2.00 bits per heavy atom. The molecule has 1 unspecified atom stereocenters. The van der Waals surface area contributed by atoms with Crippen molar-refractivity contribution in [2.75, 3.05) is 0 Å². The number of carbonyl (C=O) groups excluding carboxylic acids is 1. The van der Waals surface area contributed by atoms with E-state index in [0.29, 0.717) is 12.8 Å². The summed E-state index contributed by atoms with van der Waals surface area (Å²) in [7, 11) is 0. The monoisotopic (exact) mass is 201 g/mol. The maximum absolute atomic E-state index is 11.5. The van der Waals surface area contributed by atoms with E-state index in [2.05, 4.69) is 0 Å². The summed E-state index contributed by atoms with van der Waals surface area (Å²) in [6.45, 7) is 5.44. The normalized spacial score (nSPS) is 29.2. The minimum absolute atomic E-state index is 0.0832. The van der Waals surface area contributed by atoms with Crippen LogP contribution >= 0.6 is 0 Å². The minimum atomic E-state index is -0.586. The van der Waals surface area contributed by atoms with Gasteiger partial charge in [-0.1, -0.05) is 0 Å². The molecule has 0 radical (unpaired) electrons. The highest BCUT2D eigenvalue weighted by Crippen LogP contribution is 2.30. The number of rotatable bonds is 2. The number of hydrogen-bond donors (Lipinski definition) is 2. The second-order valence-electron chi connectivity index (χ2n) is 4.94. The van der Waals surface area contributed by atoms with Gasteiger partial charge in [-0.25, -0.2) is 0 Å². The van der Waals surface area contributed by atoms with Crippen molar-refractivity contribution in [1.29, 1.82) is 0 Å². The van der Waals surface area contributed by atoms with Crippen molar-refractivity contribution in [3.8, 4) is 0 Å². The number of aliphatic hydroxyl groups excluding tert-OH is 1. The van der Waals surface area contributed by atoms with Gasteiger partial charge in [-0.05, 0) is 39.5 Å². The number of ether oxygens (including phenoxy) is 1. The molecule has 0 heterocycles. The van der Waals surface area contributed by atoms with E-state index in [1.165, 1.54) is 0 Å². The summed E-state index contributed by atoms with van der Waals surface area (Å²) in [6, 6.07) is -0.586. The Morgan fingerprint density at radius 1 is 1.50 bits per heavy atom. The smallest absolute Gasteiger partial charge is 0.323 e. The first-order valence-electron chi connectivity index (χ1n) is 4.96. The SMILES string of the molecule is CC(C)(C)OC(=O)C(N)[C@H]1C[C@H](O)C1. The average molecular weight is 201 g/mol. The number of nitrogens with two attached hydrogens (primary N) is 1. The van der Waals surface area contributed by atoms with Gasteiger partial charge in [0.2, 0.25) is 0 Å². The summed E-state index contributed by atoms with van der Waals surface area (Å²) in [5.74, 6) is -0.283. The molecule has 1 rings (SSSR count). The maximum atomic E-state index is 11.5. The van der Waals surface area contributed by atoms with Gasteiger partial charge in [-0.15, -0.1) is 0 Å². The van der Waals surface area contributed by atoms with Crippen molar-refractivity contribution in [3.63, 3.8) is 0 Å². The molecule has 4 heteroatoms. The van der Waals surface area contributed by atoms with E-state index in [-0.39, 0.29) is 18.0 Å². The van der Waals surface area contributed by atoms with Gasteiger partial charge in [0.25, 0.3) is 0 Å². The Hall–Kier alpha value is -0.610. The Kier molecular flexibility index (Phi) is 3.17. The lowest BCUT2D eigenvalue weighted by Gasteiger charge is -2.35. The molecule has 1 atom stereocenters. The third-order valence-electron chi connectivity index (χ3n) is 2.34. The van der Waals surface area contributed by atoms with Crippen molar-refractivity contribution < 1.29 is 14.6 Å². The van der Waals surface area contributed by atoms with Gasteiger partial charge in [-0.2, -0.15) is 0 Å². The van der Waals surface area contributed by atoms with Crippen molar-refractivity contribution in [3.05, 3.63) is 0 Å². The minimum Gasteiger partial charge on any atom is -0.459 e. The molecule has 82 valence electrons. The highest BCUT2D eigenvalue weighted by Gasteiger charge is 2.37. The number of aliphatic hydroxyl groups is 1. The average Bonchev–Trinajstić information content (AvgIpc) is 1.94. The predicted octanol–water partition coefficient (Wildman–Crippen LogP) is 0.426.